The number of nitrogen functional groups attached to an aromatic ring is 1. The highest BCUT2D eigenvalue weighted by atomic mass is 32.2. The molecule has 0 fully saturated rings. The third-order valence-electron chi connectivity index (χ3n) is 2.72. The van der Waals surface area contributed by atoms with E-state index in [9.17, 15) is 17.2 Å². The molecule has 0 amide bonds. The first-order chi connectivity index (χ1) is 9.31. The van der Waals surface area contributed by atoms with Gasteiger partial charge in [-0.15, -0.1) is 0 Å². The Bertz CT molecular complexity index is 715. The average Bonchev–Trinajstić information content (AvgIpc) is 2.86. The van der Waals surface area contributed by atoms with Crippen molar-refractivity contribution >= 4 is 27.0 Å². The van der Waals surface area contributed by atoms with E-state index in [1.807, 2.05) is 0 Å². The second kappa shape index (κ2) is 5.47. The van der Waals surface area contributed by atoms with Crippen LogP contribution in [0.1, 0.15) is 18.5 Å². The lowest BCUT2D eigenvalue weighted by Gasteiger charge is -2.14. The van der Waals surface area contributed by atoms with Crippen molar-refractivity contribution in [3.8, 4) is 0 Å². The Kier molecular flexibility index (Phi) is 4.07. The lowest BCUT2D eigenvalue weighted by atomic mass is 10.2. The smallest absolute Gasteiger partial charge is 0.244 e. The fourth-order valence-electron chi connectivity index (χ4n) is 1.64. The van der Waals surface area contributed by atoms with E-state index in [1.54, 1.807) is 23.8 Å². The number of benzene rings is 1. The number of rotatable bonds is 4. The summed E-state index contributed by atoms with van der Waals surface area (Å²) in [4.78, 5) is -0.668. The zero-order chi connectivity index (χ0) is 14.9. The molecule has 3 N–H and O–H groups in total. The van der Waals surface area contributed by atoms with Gasteiger partial charge in [0.15, 0.2) is 0 Å². The van der Waals surface area contributed by atoms with Crippen LogP contribution in [0.4, 0.5) is 14.5 Å². The Morgan fingerprint density at radius 1 is 1.30 bits per heavy atom. The number of hydrogen-bond acceptors (Lipinski definition) is 4. The monoisotopic (exact) mass is 318 g/mol. The maximum absolute atomic E-state index is 13.6. The first kappa shape index (κ1) is 14.9. The molecule has 20 heavy (non-hydrogen) atoms. The minimum Gasteiger partial charge on any atom is -0.396 e. The predicted molar refractivity (Wildman–Crippen MR) is 73.8 cm³/mol. The minimum absolute atomic E-state index is 0.421. The van der Waals surface area contributed by atoms with E-state index >= 15 is 0 Å². The van der Waals surface area contributed by atoms with Gasteiger partial charge in [0, 0.05) is 12.1 Å². The van der Waals surface area contributed by atoms with Gasteiger partial charge in [-0.2, -0.15) is 11.3 Å². The van der Waals surface area contributed by atoms with E-state index in [-0.39, 0.29) is 0 Å². The molecule has 1 unspecified atom stereocenters. The van der Waals surface area contributed by atoms with Crippen LogP contribution in [-0.2, 0) is 10.0 Å². The molecule has 1 atom stereocenters. The normalized spacial score (nSPS) is 13.3. The molecule has 108 valence electrons. The third kappa shape index (κ3) is 2.97. The zero-order valence-electron chi connectivity index (χ0n) is 10.4. The highest BCUT2D eigenvalue weighted by Gasteiger charge is 2.23. The number of anilines is 1. The molecule has 8 heteroatoms. The maximum atomic E-state index is 13.6. The lowest BCUT2D eigenvalue weighted by Crippen LogP contribution is -2.27. The van der Waals surface area contributed by atoms with Crippen LogP contribution in [0.15, 0.2) is 33.9 Å². The summed E-state index contributed by atoms with van der Waals surface area (Å²) in [6, 6.07) is 2.46. The second-order valence-corrected chi connectivity index (χ2v) is 6.67. The molecule has 2 rings (SSSR count). The van der Waals surface area contributed by atoms with Gasteiger partial charge < -0.3 is 5.73 Å². The molecule has 0 radical (unpaired) electrons. The molecule has 1 heterocycles. The molecular formula is C12H12F2N2O2S2. The Morgan fingerprint density at radius 3 is 2.60 bits per heavy atom. The molecule has 0 saturated heterocycles. The Balaban J connectivity index is 2.34. The number of nitrogens with two attached hydrogens (primary N) is 1. The first-order valence-electron chi connectivity index (χ1n) is 5.60. The highest BCUT2D eigenvalue weighted by Crippen LogP contribution is 2.23. The topological polar surface area (TPSA) is 72.2 Å². The zero-order valence-corrected chi connectivity index (χ0v) is 12.1. The molecule has 1 aromatic heterocycles. The van der Waals surface area contributed by atoms with Crippen LogP contribution in [0.25, 0.3) is 0 Å². The van der Waals surface area contributed by atoms with Gasteiger partial charge in [0.1, 0.15) is 16.5 Å². The van der Waals surface area contributed by atoms with Gasteiger partial charge in [-0.05, 0) is 35.4 Å². The summed E-state index contributed by atoms with van der Waals surface area (Å²) in [5, 5.41) is 3.58. The van der Waals surface area contributed by atoms with Gasteiger partial charge in [-0.25, -0.2) is 21.9 Å². The number of halogens is 2. The van der Waals surface area contributed by atoms with Crippen LogP contribution in [0.5, 0.6) is 0 Å². The average molecular weight is 318 g/mol. The molecule has 0 aliphatic rings. The van der Waals surface area contributed by atoms with Gasteiger partial charge in [0.05, 0.1) is 5.69 Å². The van der Waals surface area contributed by atoms with Crippen LogP contribution < -0.4 is 10.5 Å². The summed E-state index contributed by atoms with van der Waals surface area (Å²) in [7, 11) is -4.12. The summed E-state index contributed by atoms with van der Waals surface area (Å²) in [5.41, 5.74) is 5.62. The maximum Gasteiger partial charge on any atom is 0.244 e. The quantitative estimate of drug-likeness (QED) is 0.851. The fraction of sp³-hybridized carbons (Fsp3) is 0.167. The summed E-state index contributed by atoms with van der Waals surface area (Å²) in [5.74, 6) is -2.17. The van der Waals surface area contributed by atoms with Crippen molar-refractivity contribution in [2.24, 2.45) is 0 Å². The summed E-state index contributed by atoms with van der Waals surface area (Å²) in [6.07, 6.45) is 0. The molecule has 0 bridgehead atoms. The highest BCUT2D eigenvalue weighted by molar-refractivity contribution is 7.89. The van der Waals surface area contributed by atoms with E-state index in [0.717, 1.165) is 11.6 Å². The fourth-order valence-corrected chi connectivity index (χ4v) is 3.72. The van der Waals surface area contributed by atoms with Crippen molar-refractivity contribution in [1.29, 1.82) is 0 Å². The molecular weight excluding hydrogens is 306 g/mol. The standard InChI is InChI=1S/C12H12F2N2O2S2/c1-7(8-2-3-19-6-8)16-20(17,18)12-5-11(15)9(13)4-10(12)14/h2-7,16H,15H2,1H3. The summed E-state index contributed by atoms with van der Waals surface area (Å²) in [6.45, 7) is 1.63. The largest absolute Gasteiger partial charge is 0.396 e. The Hall–Kier alpha value is -1.51. The van der Waals surface area contributed by atoms with Crippen molar-refractivity contribution in [1.82, 2.24) is 4.72 Å². The Morgan fingerprint density at radius 2 is 2.00 bits per heavy atom. The molecule has 0 saturated carbocycles. The van der Waals surface area contributed by atoms with E-state index in [1.165, 1.54) is 11.3 Å². The number of sulfonamides is 1. The SMILES string of the molecule is CC(NS(=O)(=O)c1cc(N)c(F)cc1F)c1ccsc1. The van der Waals surface area contributed by atoms with Crippen molar-refractivity contribution in [2.45, 2.75) is 17.9 Å². The lowest BCUT2D eigenvalue weighted by molar-refractivity contribution is 0.538. The van der Waals surface area contributed by atoms with Gasteiger partial charge in [-0.3, -0.25) is 0 Å². The van der Waals surface area contributed by atoms with Gasteiger partial charge in [-0.1, -0.05) is 0 Å². The molecule has 0 aliphatic carbocycles. The molecule has 0 aliphatic heterocycles. The predicted octanol–water partition coefficient (Wildman–Crippen LogP) is 2.65. The van der Waals surface area contributed by atoms with Crippen LogP contribution in [0.2, 0.25) is 0 Å². The van der Waals surface area contributed by atoms with E-state index in [2.05, 4.69) is 4.72 Å². The van der Waals surface area contributed by atoms with Crippen LogP contribution in [0, 0.1) is 11.6 Å². The minimum atomic E-state index is -4.12. The number of thiophene rings is 1. The number of hydrogen-bond donors (Lipinski definition) is 2. The first-order valence-corrected chi connectivity index (χ1v) is 8.03. The second-order valence-electron chi connectivity index (χ2n) is 4.20. The summed E-state index contributed by atoms with van der Waals surface area (Å²) < 4.78 is 53.2. The van der Waals surface area contributed by atoms with Crippen LogP contribution >= 0.6 is 11.3 Å². The van der Waals surface area contributed by atoms with Crippen molar-refractivity contribution in [3.05, 3.63) is 46.2 Å². The Labute approximate surface area is 119 Å². The van der Waals surface area contributed by atoms with Crippen molar-refractivity contribution in [2.75, 3.05) is 5.73 Å². The molecule has 4 nitrogen and oxygen atoms in total. The molecule has 1 aromatic carbocycles. The van der Waals surface area contributed by atoms with Gasteiger partial charge in [0.2, 0.25) is 10.0 Å². The molecule has 2 aromatic rings. The molecule has 0 spiro atoms. The van der Waals surface area contributed by atoms with E-state index in [0.29, 0.717) is 6.07 Å². The van der Waals surface area contributed by atoms with Crippen molar-refractivity contribution in [3.63, 3.8) is 0 Å². The van der Waals surface area contributed by atoms with Gasteiger partial charge in [0.25, 0.3) is 0 Å². The van der Waals surface area contributed by atoms with Crippen LogP contribution in [-0.4, -0.2) is 8.42 Å². The third-order valence-corrected chi connectivity index (χ3v) is 4.97. The number of nitrogens with one attached hydrogen (secondary N) is 1. The van der Waals surface area contributed by atoms with E-state index in [4.69, 9.17) is 5.73 Å². The summed E-state index contributed by atoms with van der Waals surface area (Å²) >= 11 is 1.42. The van der Waals surface area contributed by atoms with E-state index < -0.39 is 38.3 Å². The van der Waals surface area contributed by atoms with Crippen molar-refractivity contribution < 1.29 is 17.2 Å². The van der Waals surface area contributed by atoms with Gasteiger partial charge >= 0.3 is 0 Å². The van der Waals surface area contributed by atoms with Crippen LogP contribution in [0.3, 0.4) is 0 Å².